The van der Waals surface area contributed by atoms with Crippen LogP contribution in [0.25, 0.3) is 0 Å². The second-order valence-corrected chi connectivity index (χ2v) is 4.13. The molecule has 3 heteroatoms. The highest BCUT2D eigenvalue weighted by Crippen LogP contribution is 2.11. The summed E-state index contributed by atoms with van der Waals surface area (Å²) in [6, 6.07) is 0. The van der Waals surface area contributed by atoms with Gasteiger partial charge in [0.15, 0.2) is 0 Å². The van der Waals surface area contributed by atoms with E-state index < -0.39 is 5.97 Å². The van der Waals surface area contributed by atoms with E-state index in [4.69, 9.17) is 5.11 Å². The van der Waals surface area contributed by atoms with Gasteiger partial charge in [-0.15, -0.1) is 12.4 Å². The number of carboxylic acid groups (broad SMARTS) is 1. The van der Waals surface area contributed by atoms with E-state index in [0.29, 0.717) is 12.0 Å². The van der Waals surface area contributed by atoms with Crippen molar-refractivity contribution in [3.8, 4) is 0 Å². The molecule has 2 nitrogen and oxygen atoms in total. The van der Waals surface area contributed by atoms with E-state index in [0.717, 1.165) is 12.8 Å². The van der Waals surface area contributed by atoms with Crippen LogP contribution in [0.3, 0.4) is 0 Å². The van der Waals surface area contributed by atoms with Gasteiger partial charge in [-0.05, 0) is 12.8 Å². The molecule has 0 aromatic rings. The lowest BCUT2D eigenvalue weighted by molar-refractivity contribution is -0.132. The third-order valence-corrected chi connectivity index (χ3v) is 2.63. The number of aliphatic carboxylic acids is 1. The maximum Gasteiger partial charge on any atom is 0.330 e. The maximum atomic E-state index is 10.4. The Morgan fingerprint density at radius 2 is 1.44 bits per heavy atom. The second kappa shape index (κ2) is 12.6. The minimum Gasteiger partial charge on any atom is -0.478 e. The topological polar surface area (TPSA) is 37.3 Å². The van der Waals surface area contributed by atoms with Crippen molar-refractivity contribution in [3.05, 3.63) is 12.2 Å². The standard InChI is InChI=1S/C13H24O2.ClH/c1-3-4-5-6-7-8-9-10-11-12(2)13(14)15;/h2-11H2,1H3,(H,14,15);1H. The van der Waals surface area contributed by atoms with Crippen LogP contribution in [0.4, 0.5) is 0 Å². The number of hydrogen-bond acceptors (Lipinski definition) is 1. The average Bonchev–Trinajstić information content (AvgIpc) is 2.21. The van der Waals surface area contributed by atoms with Gasteiger partial charge in [-0.1, -0.05) is 58.4 Å². The summed E-state index contributed by atoms with van der Waals surface area (Å²) in [4.78, 5) is 10.4. The number of halogens is 1. The van der Waals surface area contributed by atoms with E-state index in [1.807, 2.05) is 0 Å². The van der Waals surface area contributed by atoms with Gasteiger partial charge in [-0.3, -0.25) is 0 Å². The third kappa shape index (κ3) is 11.6. The molecular weight excluding hydrogens is 224 g/mol. The molecule has 0 aliphatic rings. The molecule has 0 radical (unpaired) electrons. The fourth-order valence-corrected chi connectivity index (χ4v) is 1.58. The Bertz CT molecular complexity index is 190. The highest BCUT2D eigenvalue weighted by molar-refractivity contribution is 5.85. The summed E-state index contributed by atoms with van der Waals surface area (Å²) in [5.74, 6) is -0.849. The first-order valence-corrected chi connectivity index (χ1v) is 6.09. The summed E-state index contributed by atoms with van der Waals surface area (Å²) < 4.78 is 0. The predicted molar refractivity (Wildman–Crippen MR) is 71.3 cm³/mol. The lowest BCUT2D eigenvalue weighted by Crippen LogP contribution is -1.98. The largest absolute Gasteiger partial charge is 0.478 e. The molecule has 0 aliphatic heterocycles. The molecule has 0 aromatic heterocycles. The molecule has 0 atom stereocenters. The average molecular weight is 249 g/mol. The van der Waals surface area contributed by atoms with Crippen LogP contribution in [0.2, 0.25) is 0 Å². The molecular formula is C13H25ClO2. The number of carboxylic acids is 1. The zero-order valence-corrected chi connectivity index (χ0v) is 11.2. The molecule has 0 saturated carbocycles. The molecule has 0 bridgehead atoms. The highest BCUT2D eigenvalue weighted by Gasteiger charge is 2.02. The molecule has 0 amide bonds. The van der Waals surface area contributed by atoms with Gasteiger partial charge in [0.05, 0.1) is 0 Å². The van der Waals surface area contributed by atoms with Crippen LogP contribution in [0, 0.1) is 0 Å². The SMILES string of the molecule is C=C(CCCCCCCCCC)C(=O)O.Cl. The Labute approximate surface area is 106 Å². The monoisotopic (exact) mass is 248 g/mol. The highest BCUT2D eigenvalue weighted by atomic mass is 35.5. The normalized spacial score (nSPS) is 9.56. The van der Waals surface area contributed by atoms with E-state index in [1.54, 1.807) is 0 Å². The zero-order valence-electron chi connectivity index (χ0n) is 10.3. The van der Waals surface area contributed by atoms with E-state index in [1.165, 1.54) is 38.5 Å². The number of carbonyl (C=O) groups is 1. The van der Waals surface area contributed by atoms with Gasteiger partial charge in [0.2, 0.25) is 0 Å². The van der Waals surface area contributed by atoms with Crippen molar-refractivity contribution in [3.63, 3.8) is 0 Å². The van der Waals surface area contributed by atoms with Crippen molar-refractivity contribution in [2.24, 2.45) is 0 Å². The Morgan fingerprint density at radius 1 is 1.00 bits per heavy atom. The smallest absolute Gasteiger partial charge is 0.330 e. The zero-order chi connectivity index (χ0) is 11.5. The van der Waals surface area contributed by atoms with Gasteiger partial charge >= 0.3 is 5.97 Å². The molecule has 0 rings (SSSR count). The summed E-state index contributed by atoms with van der Waals surface area (Å²) in [7, 11) is 0. The van der Waals surface area contributed by atoms with Crippen molar-refractivity contribution in [1.29, 1.82) is 0 Å². The van der Waals surface area contributed by atoms with E-state index >= 15 is 0 Å². The maximum absolute atomic E-state index is 10.4. The molecule has 0 heterocycles. The van der Waals surface area contributed by atoms with Crippen LogP contribution in [0.15, 0.2) is 12.2 Å². The van der Waals surface area contributed by atoms with Crippen LogP contribution in [-0.4, -0.2) is 11.1 Å². The predicted octanol–water partition coefficient (Wildman–Crippen LogP) is 4.58. The molecule has 0 saturated heterocycles. The number of rotatable bonds is 10. The van der Waals surface area contributed by atoms with Crippen LogP contribution >= 0.6 is 12.4 Å². The van der Waals surface area contributed by atoms with Crippen molar-refractivity contribution in [2.45, 2.75) is 64.7 Å². The van der Waals surface area contributed by atoms with Crippen molar-refractivity contribution < 1.29 is 9.90 Å². The summed E-state index contributed by atoms with van der Waals surface area (Å²) in [5, 5.41) is 8.58. The Morgan fingerprint density at radius 3 is 1.88 bits per heavy atom. The van der Waals surface area contributed by atoms with E-state index in [-0.39, 0.29) is 12.4 Å². The fraction of sp³-hybridized carbons (Fsp3) is 0.769. The fourth-order valence-electron chi connectivity index (χ4n) is 1.58. The Hall–Kier alpha value is -0.500. The van der Waals surface area contributed by atoms with Crippen LogP contribution in [-0.2, 0) is 4.79 Å². The lowest BCUT2D eigenvalue weighted by Gasteiger charge is -2.01. The first kappa shape index (κ1) is 17.9. The quantitative estimate of drug-likeness (QED) is 0.454. The minimum absolute atomic E-state index is 0. The van der Waals surface area contributed by atoms with Crippen LogP contribution in [0.1, 0.15) is 64.7 Å². The van der Waals surface area contributed by atoms with Crippen LogP contribution < -0.4 is 0 Å². The van der Waals surface area contributed by atoms with Gasteiger partial charge in [0, 0.05) is 5.57 Å². The van der Waals surface area contributed by atoms with Crippen LogP contribution in [0.5, 0.6) is 0 Å². The van der Waals surface area contributed by atoms with E-state index in [9.17, 15) is 4.79 Å². The molecule has 96 valence electrons. The van der Waals surface area contributed by atoms with Gasteiger partial charge in [0.25, 0.3) is 0 Å². The molecule has 1 N–H and O–H groups in total. The Balaban J connectivity index is 0. The van der Waals surface area contributed by atoms with Gasteiger partial charge in [-0.2, -0.15) is 0 Å². The molecule has 0 spiro atoms. The summed E-state index contributed by atoms with van der Waals surface area (Å²) >= 11 is 0. The van der Waals surface area contributed by atoms with Crippen molar-refractivity contribution in [2.75, 3.05) is 0 Å². The number of hydrogen-bond donors (Lipinski definition) is 1. The van der Waals surface area contributed by atoms with Gasteiger partial charge < -0.3 is 5.11 Å². The molecule has 0 aliphatic carbocycles. The molecule has 0 unspecified atom stereocenters. The second-order valence-electron chi connectivity index (χ2n) is 4.13. The van der Waals surface area contributed by atoms with Crippen molar-refractivity contribution >= 4 is 18.4 Å². The van der Waals surface area contributed by atoms with Gasteiger partial charge in [-0.25, -0.2) is 4.79 Å². The first-order chi connectivity index (χ1) is 7.18. The van der Waals surface area contributed by atoms with Crippen molar-refractivity contribution in [1.82, 2.24) is 0 Å². The van der Waals surface area contributed by atoms with E-state index in [2.05, 4.69) is 13.5 Å². The first-order valence-electron chi connectivity index (χ1n) is 6.09. The summed E-state index contributed by atoms with van der Waals surface area (Å²) in [6.45, 7) is 5.73. The third-order valence-electron chi connectivity index (χ3n) is 2.63. The lowest BCUT2D eigenvalue weighted by atomic mass is 10.1. The molecule has 16 heavy (non-hydrogen) atoms. The van der Waals surface area contributed by atoms with Gasteiger partial charge in [0.1, 0.15) is 0 Å². The summed E-state index contributed by atoms with van der Waals surface area (Å²) in [5.41, 5.74) is 0.348. The molecule has 0 aromatic carbocycles. The Kier molecular flexibility index (Phi) is 14.0. The number of unbranched alkanes of at least 4 members (excludes halogenated alkanes) is 7. The minimum atomic E-state index is -0.849. The molecule has 0 fully saturated rings. The summed E-state index contributed by atoms with van der Waals surface area (Å²) in [6.07, 6.45) is 10.6.